The van der Waals surface area contributed by atoms with Crippen LogP contribution >= 0.6 is 27.5 Å². The van der Waals surface area contributed by atoms with Crippen LogP contribution in [0.5, 0.6) is 0 Å². The third-order valence-corrected chi connectivity index (χ3v) is 5.22. The molecule has 2 nitrogen and oxygen atoms in total. The lowest BCUT2D eigenvalue weighted by molar-refractivity contribution is 0.191. The minimum absolute atomic E-state index is 0.475. The van der Waals surface area contributed by atoms with Gasteiger partial charge >= 0.3 is 0 Å². The Morgan fingerprint density at radius 1 is 1.42 bits per heavy atom. The maximum absolute atomic E-state index is 6.11. The van der Waals surface area contributed by atoms with Gasteiger partial charge in [0.1, 0.15) is 0 Å². The average molecular weight is 346 g/mol. The van der Waals surface area contributed by atoms with Gasteiger partial charge in [-0.3, -0.25) is 4.90 Å². The van der Waals surface area contributed by atoms with Gasteiger partial charge in [0, 0.05) is 10.5 Å². The number of hydrogen-bond acceptors (Lipinski definition) is 2. The van der Waals surface area contributed by atoms with Crippen LogP contribution in [0, 0.1) is 5.92 Å². The van der Waals surface area contributed by atoms with Crippen molar-refractivity contribution in [3.63, 3.8) is 0 Å². The minimum Gasteiger partial charge on any atom is -0.319 e. The lowest BCUT2D eigenvalue weighted by Gasteiger charge is -2.33. The number of nitrogens with zero attached hydrogens (tertiary/aromatic N) is 1. The van der Waals surface area contributed by atoms with E-state index >= 15 is 0 Å². The molecule has 1 saturated heterocycles. The molecule has 0 bridgehead atoms. The number of nitrogens with one attached hydrogen (secondary N) is 1. The topological polar surface area (TPSA) is 15.3 Å². The van der Waals surface area contributed by atoms with Gasteiger partial charge in [0.05, 0.1) is 5.02 Å². The van der Waals surface area contributed by atoms with Crippen molar-refractivity contribution in [1.82, 2.24) is 10.2 Å². The number of rotatable bonds is 3. The normalized spacial score (nSPS) is 25.3. The predicted molar refractivity (Wildman–Crippen MR) is 85.8 cm³/mol. The van der Waals surface area contributed by atoms with E-state index in [1.165, 1.54) is 31.4 Å². The van der Waals surface area contributed by atoms with E-state index in [1.807, 2.05) is 13.1 Å². The number of halogens is 2. The summed E-state index contributed by atoms with van der Waals surface area (Å²) >= 11 is 9.66. The van der Waals surface area contributed by atoms with Crippen LogP contribution in [0.1, 0.15) is 30.9 Å². The highest BCUT2D eigenvalue weighted by Gasteiger charge is 2.28. The molecule has 1 aromatic rings. The van der Waals surface area contributed by atoms with Crippen molar-refractivity contribution in [1.29, 1.82) is 0 Å². The molecule has 0 aliphatic carbocycles. The summed E-state index contributed by atoms with van der Waals surface area (Å²) in [6.07, 6.45) is 3.90. The van der Waals surface area contributed by atoms with Crippen molar-refractivity contribution < 1.29 is 0 Å². The summed E-state index contributed by atoms with van der Waals surface area (Å²) in [5.74, 6) is 0.658. The number of hydrogen-bond donors (Lipinski definition) is 1. The van der Waals surface area contributed by atoms with Gasteiger partial charge in [-0.05, 0) is 79.6 Å². The lowest BCUT2D eigenvalue weighted by Crippen LogP contribution is -2.34. The fourth-order valence-electron chi connectivity index (χ4n) is 3.12. The molecule has 1 heterocycles. The predicted octanol–water partition coefficient (Wildman–Crippen LogP) is 4.09. The second-order valence-electron chi connectivity index (χ2n) is 5.41. The average Bonchev–Trinajstić information content (AvgIpc) is 2.56. The van der Waals surface area contributed by atoms with Crippen LogP contribution in [0.2, 0.25) is 5.02 Å². The Hall–Kier alpha value is -0.0900. The Morgan fingerprint density at radius 2 is 2.21 bits per heavy atom. The molecule has 0 aromatic heterocycles. The van der Waals surface area contributed by atoms with Crippen molar-refractivity contribution in [2.45, 2.75) is 25.3 Å². The summed E-state index contributed by atoms with van der Waals surface area (Å²) in [6, 6.07) is 6.82. The summed E-state index contributed by atoms with van der Waals surface area (Å²) in [5, 5.41) is 4.13. The van der Waals surface area contributed by atoms with E-state index in [0.29, 0.717) is 12.0 Å². The van der Waals surface area contributed by atoms with Crippen LogP contribution in [0.15, 0.2) is 22.7 Å². The van der Waals surface area contributed by atoms with Crippen molar-refractivity contribution >= 4 is 27.5 Å². The van der Waals surface area contributed by atoms with Gasteiger partial charge < -0.3 is 5.32 Å². The summed E-state index contributed by atoms with van der Waals surface area (Å²) < 4.78 is 0.993. The molecule has 19 heavy (non-hydrogen) atoms. The first-order chi connectivity index (χ1) is 9.13. The Bertz CT molecular complexity index is 425. The van der Waals surface area contributed by atoms with E-state index in [4.69, 9.17) is 11.6 Å². The van der Waals surface area contributed by atoms with E-state index < -0.39 is 0 Å². The van der Waals surface area contributed by atoms with Crippen LogP contribution in [0.25, 0.3) is 0 Å². The van der Waals surface area contributed by atoms with Gasteiger partial charge in [0.25, 0.3) is 0 Å². The molecule has 0 radical (unpaired) electrons. The van der Waals surface area contributed by atoms with E-state index in [2.05, 4.69) is 45.3 Å². The second-order valence-corrected chi connectivity index (χ2v) is 6.67. The molecular weight excluding hydrogens is 324 g/mol. The summed E-state index contributed by atoms with van der Waals surface area (Å²) in [7, 11) is 4.28. The molecule has 0 amide bonds. The van der Waals surface area contributed by atoms with Gasteiger partial charge in [-0.15, -0.1) is 0 Å². The second kappa shape index (κ2) is 7.07. The maximum Gasteiger partial charge on any atom is 0.0548 e. The van der Waals surface area contributed by atoms with Crippen molar-refractivity contribution in [3.8, 4) is 0 Å². The zero-order valence-electron chi connectivity index (χ0n) is 11.6. The van der Waals surface area contributed by atoms with E-state index in [1.54, 1.807) is 0 Å². The SMILES string of the molecule is CNCC1CCCCN(C)C1c1ccc(Cl)c(Br)c1. The molecular formula is C15H22BrClN2. The lowest BCUT2D eigenvalue weighted by atomic mass is 9.89. The maximum atomic E-state index is 6.11. The Kier molecular flexibility index (Phi) is 5.70. The van der Waals surface area contributed by atoms with Crippen LogP contribution in [-0.4, -0.2) is 32.1 Å². The molecule has 1 aromatic carbocycles. The minimum atomic E-state index is 0.475. The monoisotopic (exact) mass is 344 g/mol. The first-order valence-electron chi connectivity index (χ1n) is 6.93. The molecule has 1 aliphatic rings. The van der Waals surface area contributed by atoms with E-state index in [0.717, 1.165) is 16.0 Å². The largest absolute Gasteiger partial charge is 0.319 e. The van der Waals surface area contributed by atoms with Crippen LogP contribution in [-0.2, 0) is 0 Å². The number of benzene rings is 1. The van der Waals surface area contributed by atoms with Gasteiger partial charge in [-0.25, -0.2) is 0 Å². The summed E-state index contributed by atoms with van der Waals surface area (Å²) in [6.45, 7) is 2.24. The van der Waals surface area contributed by atoms with Crippen LogP contribution in [0.3, 0.4) is 0 Å². The zero-order valence-corrected chi connectivity index (χ0v) is 14.0. The van der Waals surface area contributed by atoms with Crippen molar-refractivity contribution in [2.24, 2.45) is 5.92 Å². The fourth-order valence-corrected chi connectivity index (χ4v) is 3.64. The first-order valence-corrected chi connectivity index (χ1v) is 8.10. The standard InChI is InChI=1S/C15H22BrClN2/c1-18-10-12-5-3-4-8-19(2)15(12)11-6-7-14(17)13(16)9-11/h6-7,9,12,15,18H,3-5,8,10H2,1-2H3. The summed E-state index contributed by atoms with van der Waals surface area (Å²) in [4.78, 5) is 2.49. The highest BCUT2D eigenvalue weighted by molar-refractivity contribution is 9.10. The van der Waals surface area contributed by atoms with Crippen molar-refractivity contribution in [2.75, 3.05) is 27.2 Å². The Labute approximate surface area is 129 Å². The smallest absolute Gasteiger partial charge is 0.0548 e. The molecule has 1 N–H and O–H groups in total. The molecule has 106 valence electrons. The van der Waals surface area contributed by atoms with Crippen molar-refractivity contribution in [3.05, 3.63) is 33.3 Å². The molecule has 0 spiro atoms. The molecule has 2 rings (SSSR count). The Morgan fingerprint density at radius 3 is 2.89 bits per heavy atom. The van der Waals surface area contributed by atoms with Gasteiger partial charge in [0.2, 0.25) is 0 Å². The molecule has 0 saturated carbocycles. The first kappa shape index (κ1) is 15.3. The molecule has 1 aliphatic heterocycles. The van der Waals surface area contributed by atoms with Gasteiger partial charge in [-0.2, -0.15) is 0 Å². The van der Waals surface area contributed by atoms with E-state index in [-0.39, 0.29) is 0 Å². The van der Waals surface area contributed by atoms with E-state index in [9.17, 15) is 0 Å². The quantitative estimate of drug-likeness (QED) is 0.887. The fraction of sp³-hybridized carbons (Fsp3) is 0.600. The molecule has 2 unspecified atom stereocenters. The molecule has 1 fully saturated rings. The van der Waals surface area contributed by atoms with Gasteiger partial charge in [-0.1, -0.05) is 24.1 Å². The Balaban J connectivity index is 2.31. The number of likely N-dealkylation sites (tertiary alicyclic amines) is 1. The molecule has 4 heteroatoms. The zero-order chi connectivity index (χ0) is 13.8. The third kappa shape index (κ3) is 3.72. The van der Waals surface area contributed by atoms with Crippen LogP contribution in [0.4, 0.5) is 0 Å². The highest BCUT2D eigenvalue weighted by atomic mass is 79.9. The van der Waals surface area contributed by atoms with Crippen LogP contribution < -0.4 is 5.32 Å². The highest BCUT2D eigenvalue weighted by Crippen LogP contribution is 2.36. The third-order valence-electron chi connectivity index (χ3n) is 4.01. The van der Waals surface area contributed by atoms with Gasteiger partial charge in [0.15, 0.2) is 0 Å². The molecule has 2 atom stereocenters. The summed E-state index contributed by atoms with van der Waals surface area (Å²) in [5.41, 5.74) is 1.36.